The third-order valence-corrected chi connectivity index (χ3v) is 4.51. The zero-order chi connectivity index (χ0) is 13.9. The molecule has 0 radical (unpaired) electrons. The van der Waals surface area contributed by atoms with Crippen LogP contribution < -0.4 is 4.74 Å². The molecular weight excluding hydrogens is 316 g/mol. The molecule has 2 nitrogen and oxygen atoms in total. The van der Waals surface area contributed by atoms with Crippen LogP contribution in [0.5, 0.6) is 5.75 Å². The van der Waals surface area contributed by atoms with Gasteiger partial charge >= 0.3 is 0 Å². The molecule has 0 amide bonds. The maximum atomic E-state index is 5.89. The van der Waals surface area contributed by atoms with Gasteiger partial charge in [0.1, 0.15) is 18.5 Å². The first-order valence-corrected chi connectivity index (χ1v) is 7.62. The quantitative estimate of drug-likeness (QED) is 0.826. The van der Waals surface area contributed by atoms with Crippen molar-refractivity contribution in [3.63, 3.8) is 0 Å². The molecule has 0 spiro atoms. The Balaban J connectivity index is 1.71. The summed E-state index contributed by atoms with van der Waals surface area (Å²) >= 11 is 3.50. The van der Waals surface area contributed by atoms with E-state index in [-0.39, 0.29) is 6.10 Å². The topological polar surface area (TPSA) is 18.5 Å². The van der Waals surface area contributed by atoms with E-state index in [1.165, 1.54) is 16.7 Å². The van der Waals surface area contributed by atoms with Gasteiger partial charge in [0.15, 0.2) is 0 Å². The van der Waals surface area contributed by atoms with E-state index in [9.17, 15) is 0 Å². The van der Waals surface area contributed by atoms with Crippen LogP contribution in [0.2, 0.25) is 0 Å². The van der Waals surface area contributed by atoms with Crippen molar-refractivity contribution in [2.24, 2.45) is 0 Å². The van der Waals surface area contributed by atoms with Crippen molar-refractivity contribution in [3.8, 4) is 5.75 Å². The Morgan fingerprint density at radius 3 is 2.95 bits per heavy atom. The van der Waals surface area contributed by atoms with Crippen LogP contribution in [0.3, 0.4) is 0 Å². The predicted octanol–water partition coefficient (Wildman–Crippen LogP) is 4.45. The van der Waals surface area contributed by atoms with Crippen molar-refractivity contribution in [1.82, 2.24) is 0 Å². The molecule has 20 heavy (non-hydrogen) atoms. The fourth-order valence-corrected chi connectivity index (χ4v) is 2.74. The number of hydrogen-bond acceptors (Lipinski definition) is 2. The summed E-state index contributed by atoms with van der Waals surface area (Å²) in [5.41, 5.74) is 3.80. The number of benzene rings is 2. The highest BCUT2D eigenvalue weighted by Gasteiger charge is 2.20. The monoisotopic (exact) mass is 332 g/mol. The molecule has 2 aromatic carbocycles. The average Bonchev–Trinajstić information content (AvgIpc) is 2.48. The van der Waals surface area contributed by atoms with Crippen molar-refractivity contribution in [2.75, 3.05) is 13.2 Å². The van der Waals surface area contributed by atoms with E-state index >= 15 is 0 Å². The van der Waals surface area contributed by atoms with Gasteiger partial charge in [-0.2, -0.15) is 0 Å². The van der Waals surface area contributed by atoms with Crippen LogP contribution in [0.15, 0.2) is 46.9 Å². The van der Waals surface area contributed by atoms with Gasteiger partial charge < -0.3 is 9.47 Å². The van der Waals surface area contributed by atoms with Crippen molar-refractivity contribution in [1.29, 1.82) is 0 Å². The molecule has 1 aliphatic rings. The van der Waals surface area contributed by atoms with Crippen molar-refractivity contribution in [3.05, 3.63) is 63.6 Å². The maximum Gasteiger partial charge on any atom is 0.119 e. The molecule has 104 valence electrons. The zero-order valence-electron chi connectivity index (χ0n) is 11.4. The van der Waals surface area contributed by atoms with Crippen molar-refractivity contribution >= 4 is 15.9 Å². The van der Waals surface area contributed by atoms with Crippen LogP contribution in [0, 0.1) is 6.92 Å². The Kier molecular flexibility index (Phi) is 4.08. The number of hydrogen-bond donors (Lipinski definition) is 0. The molecular formula is C17H17BrO2. The molecule has 2 aromatic rings. The summed E-state index contributed by atoms with van der Waals surface area (Å²) in [7, 11) is 0. The predicted molar refractivity (Wildman–Crippen MR) is 83.2 cm³/mol. The molecule has 0 aliphatic carbocycles. The van der Waals surface area contributed by atoms with Crippen LogP contribution >= 0.6 is 15.9 Å². The van der Waals surface area contributed by atoms with Gasteiger partial charge in [-0.15, -0.1) is 0 Å². The van der Waals surface area contributed by atoms with Crippen molar-refractivity contribution in [2.45, 2.75) is 19.4 Å². The summed E-state index contributed by atoms with van der Waals surface area (Å²) in [6, 6.07) is 14.5. The van der Waals surface area contributed by atoms with E-state index in [4.69, 9.17) is 9.47 Å². The van der Waals surface area contributed by atoms with E-state index in [0.717, 1.165) is 23.2 Å². The summed E-state index contributed by atoms with van der Waals surface area (Å²) in [5, 5.41) is 0. The highest BCUT2D eigenvalue weighted by molar-refractivity contribution is 9.10. The summed E-state index contributed by atoms with van der Waals surface area (Å²) in [4.78, 5) is 0. The Morgan fingerprint density at radius 2 is 2.10 bits per heavy atom. The van der Waals surface area contributed by atoms with Crippen LogP contribution in [0.25, 0.3) is 0 Å². The van der Waals surface area contributed by atoms with Gasteiger partial charge in [0.05, 0.1) is 6.61 Å². The van der Waals surface area contributed by atoms with Gasteiger partial charge in [0.25, 0.3) is 0 Å². The number of rotatable bonds is 3. The fraction of sp³-hybridized carbons (Fsp3) is 0.294. The molecule has 1 heterocycles. The Hall–Kier alpha value is -1.32. The minimum Gasteiger partial charge on any atom is -0.491 e. The molecule has 3 heteroatoms. The largest absolute Gasteiger partial charge is 0.491 e. The fourth-order valence-electron chi connectivity index (χ4n) is 2.49. The number of aryl methyl sites for hydroxylation is 1. The molecule has 0 saturated heterocycles. The van der Waals surface area contributed by atoms with E-state index in [2.05, 4.69) is 47.1 Å². The Labute approximate surface area is 127 Å². The third kappa shape index (κ3) is 2.89. The highest BCUT2D eigenvalue weighted by Crippen LogP contribution is 2.28. The third-order valence-electron chi connectivity index (χ3n) is 3.62. The highest BCUT2D eigenvalue weighted by atomic mass is 79.9. The minimum absolute atomic E-state index is 0.0314. The maximum absolute atomic E-state index is 5.89. The normalized spacial score (nSPS) is 17.6. The van der Waals surface area contributed by atoms with Crippen LogP contribution in [0.1, 0.15) is 22.8 Å². The van der Waals surface area contributed by atoms with E-state index in [1.807, 2.05) is 18.2 Å². The Morgan fingerprint density at radius 1 is 1.25 bits per heavy atom. The number of halogens is 1. The molecule has 1 atom stereocenters. The number of ether oxygens (including phenoxy) is 2. The van der Waals surface area contributed by atoms with Gasteiger partial charge in [-0.25, -0.2) is 0 Å². The lowest BCUT2D eigenvalue weighted by Crippen LogP contribution is -2.21. The molecule has 0 N–H and O–H groups in total. The lowest BCUT2D eigenvalue weighted by molar-refractivity contribution is 0.0102. The minimum atomic E-state index is 0.0314. The molecule has 0 bridgehead atoms. The summed E-state index contributed by atoms with van der Waals surface area (Å²) in [6.45, 7) is 3.38. The first kappa shape index (κ1) is 13.7. The van der Waals surface area contributed by atoms with Gasteiger partial charge in [0, 0.05) is 4.47 Å². The Bertz CT molecular complexity index is 610. The molecule has 0 saturated carbocycles. The SMILES string of the molecule is Cc1cc(OCC2OCCc3ccccc32)ccc1Br. The van der Waals surface area contributed by atoms with Crippen LogP contribution in [-0.4, -0.2) is 13.2 Å². The summed E-state index contributed by atoms with van der Waals surface area (Å²) < 4.78 is 12.8. The average molecular weight is 333 g/mol. The van der Waals surface area contributed by atoms with Gasteiger partial charge in [0.2, 0.25) is 0 Å². The molecule has 3 rings (SSSR count). The van der Waals surface area contributed by atoms with Gasteiger partial charge in [-0.3, -0.25) is 0 Å². The van der Waals surface area contributed by atoms with Gasteiger partial charge in [-0.05, 0) is 48.2 Å². The van der Waals surface area contributed by atoms with Gasteiger partial charge in [-0.1, -0.05) is 40.2 Å². The lowest BCUT2D eigenvalue weighted by atomic mass is 9.98. The smallest absolute Gasteiger partial charge is 0.119 e. The van der Waals surface area contributed by atoms with Crippen molar-refractivity contribution < 1.29 is 9.47 Å². The second-order valence-electron chi connectivity index (χ2n) is 5.03. The second kappa shape index (κ2) is 5.98. The van der Waals surface area contributed by atoms with E-state index in [0.29, 0.717) is 6.61 Å². The number of fused-ring (bicyclic) bond motifs is 1. The molecule has 1 unspecified atom stereocenters. The van der Waals surface area contributed by atoms with Crippen LogP contribution in [0.4, 0.5) is 0 Å². The first-order valence-electron chi connectivity index (χ1n) is 6.82. The zero-order valence-corrected chi connectivity index (χ0v) is 13.0. The summed E-state index contributed by atoms with van der Waals surface area (Å²) in [6.07, 6.45) is 1.02. The summed E-state index contributed by atoms with van der Waals surface area (Å²) in [5.74, 6) is 0.886. The first-order chi connectivity index (χ1) is 9.74. The molecule has 1 aliphatic heterocycles. The second-order valence-corrected chi connectivity index (χ2v) is 5.88. The lowest BCUT2D eigenvalue weighted by Gasteiger charge is -2.26. The van der Waals surface area contributed by atoms with E-state index < -0.39 is 0 Å². The van der Waals surface area contributed by atoms with Crippen LogP contribution in [-0.2, 0) is 11.2 Å². The standard InChI is InChI=1S/C17H17BrO2/c1-12-10-14(6-7-16(12)18)20-11-17-15-5-3-2-4-13(15)8-9-19-17/h2-7,10,17H,8-9,11H2,1H3. The molecule has 0 aromatic heterocycles. The van der Waals surface area contributed by atoms with E-state index in [1.54, 1.807) is 0 Å². The molecule has 0 fully saturated rings.